The molecule has 0 aromatic heterocycles. The highest BCUT2D eigenvalue weighted by molar-refractivity contribution is 7.89. The molecule has 7 nitrogen and oxygen atoms in total. The fraction of sp³-hybridized carbons (Fsp3) is 0.176. The molecule has 2 amide bonds. The molecule has 8 heteroatoms. The van der Waals surface area contributed by atoms with Gasteiger partial charge in [-0.25, -0.2) is 13.1 Å². The van der Waals surface area contributed by atoms with Crippen molar-refractivity contribution in [2.45, 2.75) is 18.4 Å². The van der Waals surface area contributed by atoms with Gasteiger partial charge in [0.05, 0.1) is 4.90 Å². The van der Waals surface area contributed by atoms with Crippen LogP contribution in [-0.2, 0) is 21.4 Å². The number of hydrogen-bond donors (Lipinski definition) is 3. The van der Waals surface area contributed by atoms with Gasteiger partial charge in [-0.05, 0) is 42.9 Å². The molecule has 3 N–H and O–H groups in total. The number of sulfonamides is 1. The molecule has 2 aromatic rings. The predicted molar refractivity (Wildman–Crippen MR) is 94.6 cm³/mol. The lowest BCUT2D eigenvalue weighted by atomic mass is 10.1. The van der Waals surface area contributed by atoms with E-state index in [-0.39, 0.29) is 23.3 Å². The lowest BCUT2D eigenvalue weighted by Gasteiger charge is -2.08. The van der Waals surface area contributed by atoms with Crippen LogP contribution in [0.5, 0.6) is 0 Å². The van der Waals surface area contributed by atoms with Crippen molar-refractivity contribution in [3.8, 4) is 0 Å². The van der Waals surface area contributed by atoms with Crippen molar-refractivity contribution in [2.24, 2.45) is 0 Å². The van der Waals surface area contributed by atoms with Gasteiger partial charge in [0.15, 0.2) is 0 Å². The zero-order chi connectivity index (χ0) is 18.4. The number of hydrogen-bond acceptors (Lipinski definition) is 4. The van der Waals surface area contributed by atoms with Gasteiger partial charge in [-0.15, -0.1) is 0 Å². The van der Waals surface area contributed by atoms with Crippen LogP contribution in [0.4, 0.5) is 5.69 Å². The van der Waals surface area contributed by atoms with Crippen molar-refractivity contribution in [1.82, 2.24) is 10.0 Å². The van der Waals surface area contributed by atoms with E-state index in [0.29, 0.717) is 11.3 Å². The third-order valence-corrected chi connectivity index (χ3v) is 4.83. The quantitative estimate of drug-likeness (QED) is 0.725. The fourth-order valence-corrected chi connectivity index (χ4v) is 2.86. The van der Waals surface area contributed by atoms with Crippen molar-refractivity contribution in [3.63, 3.8) is 0 Å². The van der Waals surface area contributed by atoms with Crippen LogP contribution in [0.15, 0.2) is 53.4 Å². The number of amides is 2. The summed E-state index contributed by atoms with van der Waals surface area (Å²) in [6.07, 6.45) is 0. The van der Waals surface area contributed by atoms with Gasteiger partial charge in [0, 0.05) is 24.7 Å². The van der Waals surface area contributed by atoms with E-state index < -0.39 is 10.0 Å². The van der Waals surface area contributed by atoms with E-state index in [2.05, 4.69) is 15.4 Å². The summed E-state index contributed by atoms with van der Waals surface area (Å²) in [5.41, 5.74) is 1.73. The average Bonchev–Trinajstić information content (AvgIpc) is 2.59. The maximum Gasteiger partial charge on any atom is 0.251 e. The summed E-state index contributed by atoms with van der Waals surface area (Å²) in [5.74, 6) is -0.506. The van der Waals surface area contributed by atoms with Crippen molar-refractivity contribution >= 4 is 27.5 Å². The van der Waals surface area contributed by atoms with Gasteiger partial charge in [0.1, 0.15) is 0 Å². The monoisotopic (exact) mass is 361 g/mol. The van der Waals surface area contributed by atoms with Crippen LogP contribution >= 0.6 is 0 Å². The zero-order valence-corrected chi connectivity index (χ0v) is 14.7. The molecule has 0 unspecified atom stereocenters. The lowest BCUT2D eigenvalue weighted by molar-refractivity contribution is -0.114. The first kappa shape index (κ1) is 18.6. The second kappa shape index (κ2) is 7.91. The Balaban J connectivity index is 2.01. The average molecular weight is 361 g/mol. The van der Waals surface area contributed by atoms with Crippen LogP contribution in [0.3, 0.4) is 0 Å². The normalized spacial score (nSPS) is 11.0. The highest BCUT2D eigenvalue weighted by Gasteiger charge is 2.11. The topological polar surface area (TPSA) is 104 Å². The molecular formula is C17H19N3O4S. The van der Waals surface area contributed by atoms with Crippen LogP contribution in [0.1, 0.15) is 22.8 Å². The molecule has 0 aliphatic rings. The third-order valence-electron chi connectivity index (χ3n) is 3.40. The van der Waals surface area contributed by atoms with E-state index in [1.54, 1.807) is 36.4 Å². The van der Waals surface area contributed by atoms with Crippen LogP contribution in [0, 0.1) is 0 Å². The first-order valence-corrected chi connectivity index (χ1v) is 8.98. The maximum atomic E-state index is 12.2. The van der Waals surface area contributed by atoms with Crippen LogP contribution < -0.4 is 15.4 Å². The molecule has 0 heterocycles. The molecule has 0 radical (unpaired) electrons. The zero-order valence-electron chi connectivity index (χ0n) is 13.9. The minimum absolute atomic E-state index is 0.160. The molecule has 2 aromatic carbocycles. The Morgan fingerprint density at radius 3 is 2.32 bits per heavy atom. The van der Waals surface area contributed by atoms with E-state index in [1.165, 1.54) is 26.1 Å². The van der Waals surface area contributed by atoms with Gasteiger partial charge in [0.2, 0.25) is 15.9 Å². The Morgan fingerprint density at radius 2 is 1.72 bits per heavy atom. The molecule has 0 saturated heterocycles. The molecule has 25 heavy (non-hydrogen) atoms. The molecule has 0 atom stereocenters. The standard InChI is InChI=1S/C17H19N3O4S/c1-12(21)20-15-5-3-4-14(10-15)17(22)19-11-13-6-8-16(9-7-13)25(23,24)18-2/h3-10,18H,11H2,1-2H3,(H,19,22)(H,20,21). The first-order chi connectivity index (χ1) is 11.8. The molecule has 132 valence electrons. The van der Waals surface area contributed by atoms with Gasteiger partial charge in [-0.2, -0.15) is 0 Å². The number of rotatable bonds is 6. The van der Waals surface area contributed by atoms with Crippen LogP contribution in [-0.4, -0.2) is 27.3 Å². The van der Waals surface area contributed by atoms with Gasteiger partial charge in [-0.3, -0.25) is 9.59 Å². The summed E-state index contributed by atoms with van der Waals surface area (Å²) in [5, 5.41) is 5.37. The van der Waals surface area contributed by atoms with E-state index in [1.807, 2.05) is 0 Å². The Hall–Kier alpha value is -2.71. The molecule has 0 spiro atoms. The Morgan fingerprint density at radius 1 is 1.04 bits per heavy atom. The van der Waals surface area contributed by atoms with E-state index >= 15 is 0 Å². The van der Waals surface area contributed by atoms with Crippen LogP contribution in [0.25, 0.3) is 0 Å². The van der Waals surface area contributed by atoms with Gasteiger partial charge in [0.25, 0.3) is 5.91 Å². The maximum absolute atomic E-state index is 12.2. The van der Waals surface area contributed by atoms with E-state index in [9.17, 15) is 18.0 Å². The summed E-state index contributed by atoms with van der Waals surface area (Å²) < 4.78 is 25.6. The molecule has 0 fully saturated rings. The van der Waals surface area contributed by atoms with Crippen molar-refractivity contribution < 1.29 is 18.0 Å². The summed E-state index contributed by atoms with van der Waals surface area (Å²) in [6, 6.07) is 12.8. The fourth-order valence-electron chi connectivity index (χ4n) is 2.13. The number of benzene rings is 2. The first-order valence-electron chi connectivity index (χ1n) is 7.50. The third kappa shape index (κ3) is 5.13. The molecule has 0 saturated carbocycles. The van der Waals surface area contributed by atoms with E-state index in [0.717, 1.165) is 5.56 Å². The molecular weight excluding hydrogens is 342 g/mol. The summed E-state index contributed by atoms with van der Waals surface area (Å²) in [6.45, 7) is 1.65. The Bertz CT molecular complexity index is 877. The second-order valence-corrected chi connectivity index (χ2v) is 7.18. The van der Waals surface area contributed by atoms with Crippen molar-refractivity contribution in [1.29, 1.82) is 0 Å². The van der Waals surface area contributed by atoms with Gasteiger partial charge >= 0.3 is 0 Å². The minimum atomic E-state index is -3.48. The highest BCUT2D eigenvalue weighted by atomic mass is 32.2. The summed E-state index contributed by atoms with van der Waals surface area (Å²) in [4.78, 5) is 23.4. The van der Waals surface area contributed by atoms with Gasteiger partial charge < -0.3 is 10.6 Å². The van der Waals surface area contributed by atoms with Crippen LogP contribution in [0.2, 0.25) is 0 Å². The van der Waals surface area contributed by atoms with E-state index in [4.69, 9.17) is 0 Å². The second-order valence-electron chi connectivity index (χ2n) is 5.30. The lowest BCUT2D eigenvalue weighted by Crippen LogP contribution is -2.23. The van der Waals surface area contributed by atoms with Crippen molar-refractivity contribution in [2.75, 3.05) is 12.4 Å². The number of carbonyl (C=O) groups is 2. The molecule has 0 bridgehead atoms. The smallest absolute Gasteiger partial charge is 0.251 e. The SMILES string of the molecule is CNS(=O)(=O)c1ccc(CNC(=O)c2cccc(NC(C)=O)c2)cc1. The Labute approximate surface area is 146 Å². The molecule has 0 aliphatic heterocycles. The Kier molecular flexibility index (Phi) is 5.89. The predicted octanol–water partition coefficient (Wildman–Crippen LogP) is 1.48. The molecule has 0 aliphatic carbocycles. The van der Waals surface area contributed by atoms with Gasteiger partial charge in [-0.1, -0.05) is 18.2 Å². The van der Waals surface area contributed by atoms with Crippen molar-refractivity contribution in [3.05, 3.63) is 59.7 Å². The number of anilines is 1. The number of carbonyl (C=O) groups excluding carboxylic acids is 2. The summed E-state index contributed by atoms with van der Waals surface area (Å²) >= 11 is 0. The minimum Gasteiger partial charge on any atom is -0.348 e. The number of nitrogens with one attached hydrogen (secondary N) is 3. The highest BCUT2D eigenvalue weighted by Crippen LogP contribution is 2.12. The summed E-state index contributed by atoms with van der Waals surface area (Å²) in [7, 11) is -2.13. The molecule has 2 rings (SSSR count). The largest absolute Gasteiger partial charge is 0.348 e.